The standard InChI is InChI=1S/C9H10N2O6S/c1-18(16,17)5-9(13)10-7-4-6(11(14)15)2-3-8(7)12/h2-4,12H,5H2,1H3,(H,10,13). The third kappa shape index (κ3) is 4.01. The molecule has 0 radical (unpaired) electrons. The number of aromatic hydroxyl groups is 1. The van der Waals surface area contributed by atoms with E-state index in [0.29, 0.717) is 0 Å². The molecular formula is C9H10N2O6S. The molecule has 1 aromatic rings. The van der Waals surface area contributed by atoms with Gasteiger partial charge in [-0.1, -0.05) is 0 Å². The Kier molecular flexibility index (Phi) is 3.86. The first-order valence-electron chi connectivity index (χ1n) is 4.64. The zero-order chi connectivity index (χ0) is 13.9. The smallest absolute Gasteiger partial charge is 0.271 e. The van der Waals surface area contributed by atoms with Crippen LogP contribution in [-0.4, -0.2) is 36.4 Å². The molecule has 0 heterocycles. The summed E-state index contributed by atoms with van der Waals surface area (Å²) in [7, 11) is -3.51. The van der Waals surface area contributed by atoms with Gasteiger partial charge in [-0.25, -0.2) is 8.42 Å². The number of phenols is 1. The molecule has 0 aromatic heterocycles. The Morgan fingerprint density at radius 2 is 2.11 bits per heavy atom. The third-order valence-corrected chi connectivity index (χ3v) is 2.64. The maximum atomic E-state index is 11.3. The van der Waals surface area contributed by atoms with Crippen molar-refractivity contribution in [3.05, 3.63) is 28.3 Å². The van der Waals surface area contributed by atoms with Crippen LogP contribution in [-0.2, 0) is 14.6 Å². The molecule has 0 aliphatic heterocycles. The number of phenolic OH excluding ortho intramolecular Hbond substituents is 1. The van der Waals surface area contributed by atoms with Gasteiger partial charge >= 0.3 is 0 Å². The normalized spacial score (nSPS) is 10.9. The van der Waals surface area contributed by atoms with Gasteiger partial charge in [-0.15, -0.1) is 0 Å². The molecule has 0 atom stereocenters. The first-order chi connectivity index (χ1) is 8.19. The van der Waals surface area contributed by atoms with Crippen LogP contribution in [0.1, 0.15) is 0 Å². The molecule has 8 nitrogen and oxygen atoms in total. The minimum absolute atomic E-state index is 0.210. The van der Waals surface area contributed by atoms with Crippen molar-refractivity contribution >= 4 is 27.1 Å². The summed E-state index contributed by atoms with van der Waals surface area (Å²) in [6.07, 6.45) is 0.875. The van der Waals surface area contributed by atoms with Crippen LogP contribution < -0.4 is 5.32 Å². The molecule has 9 heteroatoms. The van der Waals surface area contributed by atoms with Crippen molar-refractivity contribution in [2.75, 3.05) is 17.3 Å². The van der Waals surface area contributed by atoms with Crippen molar-refractivity contribution in [1.82, 2.24) is 0 Å². The summed E-state index contributed by atoms with van der Waals surface area (Å²) >= 11 is 0. The van der Waals surface area contributed by atoms with E-state index in [1.165, 1.54) is 0 Å². The molecule has 0 saturated heterocycles. The number of nitro groups is 1. The predicted molar refractivity (Wildman–Crippen MR) is 63.1 cm³/mol. The predicted octanol–water partition coefficient (Wildman–Crippen LogP) is 0.283. The van der Waals surface area contributed by atoms with Gasteiger partial charge in [0.1, 0.15) is 11.5 Å². The SMILES string of the molecule is CS(=O)(=O)CC(=O)Nc1cc([N+](=O)[O-])ccc1O. The highest BCUT2D eigenvalue weighted by atomic mass is 32.2. The summed E-state index contributed by atoms with van der Waals surface area (Å²) in [6.45, 7) is 0. The fourth-order valence-corrected chi connectivity index (χ4v) is 1.71. The number of hydrogen-bond acceptors (Lipinski definition) is 6. The number of rotatable bonds is 4. The molecule has 1 aromatic carbocycles. The highest BCUT2D eigenvalue weighted by molar-refractivity contribution is 7.91. The van der Waals surface area contributed by atoms with Gasteiger partial charge in [0.2, 0.25) is 5.91 Å². The van der Waals surface area contributed by atoms with E-state index >= 15 is 0 Å². The summed E-state index contributed by atoms with van der Waals surface area (Å²) in [4.78, 5) is 21.1. The fourth-order valence-electron chi connectivity index (χ4n) is 1.16. The lowest BCUT2D eigenvalue weighted by Crippen LogP contribution is -2.22. The Morgan fingerprint density at radius 3 is 2.61 bits per heavy atom. The second-order valence-corrected chi connectivity index (χ2v) is 5.72. The van der Waals surface area contributed by atoms with E-state index < -0.39 is 26.4 Å². The van der Waals surface area contributed by atoms with Crippen LogP contribution in [0.4, 0.5) is 11.4 Å². The minimum atomic E-state index is -3.51. The maximum absolute atomic E-state index is 11.3. The number of carbonyl (C=O) groups is 1. The minimum Gasteiger partial charge on any atom is -0.506 e. The van der Waals surface area contributed by atoms with Crippen molar-refractivity contribution in [3.63, 3.8) is 0 Å². The number of nitrogens with one attached hydrogen (secondary N) is 1. The number of anilines is 1. The average Bonchev–Trinajstić information content (AvgIpc) is 2.18. The lowest BCUT2D eigenvalue weighted by atomic mass is 10.2. The Balaban J connectivity index is 2.93. The van der Waals surface area contributed by atoms with E-state index in [2.05, 4.69) is 5.32 Å². The molecule has 2 N–H and O–H groups in total. The fraction of sp³-hybridized carbons (Fsp3) is 0.222. The van der Waals surface area contributed by atoms with Crippen LogP contribution >= 0.6 is 0 Å². The number of hydrogen-bond donors (Lipinski definition) is 2. The maximum Gasteiger partial charge on any atom is 0.271 e. The van der Waals surface area contributed by atoms with Gasteiger partial charge < -0.3 is 10.4 Å². The quantitative estimate of drug-likeness (QED) is 0.461. The lowest BCUT2D eigenvalue weighted by Gasteiger charge is -2.06. The molecule has 0 bridgehead atoms. The summed E-state index contributed by atoms with van der Waals surface area (Å²) in [5, 5.41) is 22.0. The molecule has 0 fully saturated rings. The van der Waals surface area contributed by atoms with Crippen LogP contribution in [0.5, 0.6) is 5.75 Å². The molecule has 0 spiro atoms. The molecule has 1 rings (SSSR count). The van der Waals surface area contributed by atoms with Crippen LogP contribution in [0, 0.1) is 10.1 Å². The van der Waals surface area contributed by atoms with Gasteiger partial charge in [0, 0.05) is 18.4 Å². The van der Waals surface area contributed by atoms with Gasteiger partial charge in [0.15, 0.2) is 9.84 Å². The molecule has 0 aliphatic carbocycles. The zero-order valence-electron chi connectivity index (χ0n) is 9.28. The second-order valence-electron chi connectivity index (χ2n) is 3.58. The molecule has 0 unspecified atom stereocenters. The monoisotopic (exact) mass is 274 g/mol. The van der Waals surface area contributed by atoms with Crippen molar-refractivity contribution < 1.29 is 23.2 Å². The highest BCUT2D eigenvalue weighted by Gasteiger charge is 2.15. The van der Waals surface area contributed by atoms with Gasteiger partial charge in [0.05, 0.1) is 10.6 Å². The molecule has 0 aliphatic rings. The van der Waals surface area contributed by atoms with Gasteiger partial charge in [-0.3, -0.25) is 14.9 Å². The van der Waals surface area contributed by atoms with Crippen molar-refractivity contribution in [2.45, 2.75) is 0 Å². The Labute approximate surface area is 102 Å². The number of non-ortho nitro benzene ring substituents is 1. The Bertz CT molecular complexity index is 595. The van der Waals surface area contributed by atoms with Crippen LogP contribution in [0.2, 0.25) is 0 Å². The van der Waals surface area contributed by atoms with E-state index in [4.69, 9.17) is 0 Å². The summed E-state index contributed by atoms with van der Waals surface area (Å²) in [5.41, 5.74) is -0.541. The Hall–Kier alpha value is -2.16. The summed E-state index contributed by atoms with van der Waals surface area (Å²) in [5.74, 6) is -2.04. The third-order valence-electron chi connectivity index (χ3n) is 1.86. The Morgan fingerprint density at radius 1 is 1.50 bits per heavy atom. The van der Waals surface area contributed by atoms with E-state index in [1.807, 2.05) is 0 Å². The highest BCUT2D eigenvalue weighted by Crippen LogP contribution is 2.27. The van der Waals surface area contributed by atoms with Crippen molar-refractivity contribution in [3.8, 4) is 5.75 Å². The molecule has 98 valence electrons. The number of benzene rings is 1. The van der Waals surface area contributed by atoms with E-state index in [0.717, 1.165) is 24.5 Å². The van der Waals surface area contributed by atoms with Crippen molar-refractivity contribution in [2.24, 2.45) is 0 Å². The number of sulfone groups is 1. The number of amides is 1. The van der Waals surface area contributed by atoms with Gasteiger partial charge in [-0.05, 0) is 6.07 Å². The first-order valence-corrected chi connectivity index (χ1v) is 6.70. The topological polar surface area (TPSA) is 127 Å². The van der Waals surface area contributed by atoms with Crippen LogP contribution in [0.15, 0.2) is 18.2 Å². The summed E-state index contributed by atoms with van der Waals surface area (Å²) in [6, 6.07) is 3.03. The van der Waals surface area contributed by atoms with E-state index in [1.54, 1.807) is 0 Å². The van der Waals surface area contributed by atoms with Gasteiger partial charge in [-0.2, -0.15) is 0 Å². The first kappa shape index (κ1) is 13.9. The van der Waals surface area contributed by atoms with E-state index in [9.17, 15) is 28.4 Å². The van der Waals surface area contributed by atoms with E-state index in [-0.39, 0.29) is 17.1 Å². The number of nitrogens with zero attached hydrogens (tertiary/aromatic N) is 1. The molecule has 0 saturated carbocycles. The van der Waals surface area contributed by atoms with Crippen molar-refractivity contribution in [1.29, 1.82) is 0 Å². The zero-order valence-corrected chi connectivity index (χ0v) is 10.1. The number of carbonyl (C=O) groups excluding carboxylic acids is 1. The van der Waals surface area contributed by atoms with Crippen LogP contribution in [0.25, 0.3) is 0 Å². The van der Waals surface area contributed by atoms with Gasteiger partial charge in [0.25, 0.3) is 5.69 Å². The molecule has 18 heavy (non-hydrogen) atoms. The summed E-state index contributed by atoms with van der Waals surface area (Å²) < 4.78 is 21.7. The average molecular weight is 274 g/mol. The largest absolute Gasteiger partial charge is 0.506 e. The molecular weight excluding hydrogens is 264 g/mol. The second kappa shape index (κ2) is 5.00. The molecule has 1 amide bonds. The lowest BCUT2D eigenvalue weighted by molar-refractivity contribution is -0.384. The van der Waals surface area contributed by atoms with Crippen LogP contribution in [0.3, 0.4) is 0 Å². The number of nitro benzene ring substituents is 1.